The highest BCUT2D eigenvalue weighted by Crippen LogP contribution is 2.26. The van der Waals surface area contributed by atoms with Gasteiger partial charge in [0.25, 0.3) is 15.9 Å². The van der Waals surface area contributed by atoms with Crippen molar-refractivity contribution >= 4 is 72.7 Å². The van der Waals surface area contributed by atoms with Gasteiger partial charge in [-0.15, -0.1) is 0 Å². The second-order valence-electron chi connectivity index (χ2n) is 10.3. The Kier molecular flexibility index (Phi) is 9.45. The Labute approximate surface area is 258 Å². The number of carbonyl (C=O) groups is 2. The van der Waals surface area contributed by atoms with Crippen molar-refractivity contribution in [3.8, 4) is 0 Å². The number of ether oxygens (including phenoxy) is 1. The smallest absolute Gasteiger partial charge is 0.407 e. The molecule has 4 rings (SSSR count). The maximum Gasteiger partial charge on any atom is 0.407 e. The van der Waals surface area contributed by atoms with Crippen LogP contribution in [0.3, 0.4) is 0 Å². The van der Waals surface area contributed by atoms with E-state index in [9.17, 15) is 18.0 Å². The van der Waals surface area contributed by atoms with Crippen LogP contribution in [0, 0.1) is 3.57 Å². The highest BCUT2D eigenvalue weighted by molar-refractivity contribution is 14.1. The molecule has 0 heterocycles. The van der Waals surface area contributed by atoms with E-state index in [-0.39, 0.29) is 10.8 Å². The third-order valence-corrected chi connectivity index (χ3v) is 8.04. The van der Waals surface area contributed by atoms with Crippen LogP contribution >= 0.6 is 34.2 Å². The molecule has 0 aliphatic heterocycles. The van der Waals surface area contributed by atoms with Crippen molar-refractivity contribution < 1.29 is 22.7 Å². The van der Waals surface area contributed by atoms with E-state index in [1.165, 1.54) is 12.1 Å². The fraction of sp³-hybridized carbons (Fsp3) is 0.200. The first kappa shape index (κ1) is 30.6. The van der Waals surface area contributed by atoms with Gasteiger partial charge in [-0.3, -0.25) is 9.52 Å². The zero-order chi connectivity index (χ0) is 29.8. The molecule has 0 saturated carbocycles. The van der Waals surface area contributed by atoms with Gasteiger partial charge in [0.2, 0.25) is 0 Å². The summed E-state index contributed by atoms with van der Waals surface area (Å²) >= 11 is 8.05. The molecule has 0 saturated heterocycles. The Hall–Kier alpha value is -3.35. The minimum absolute atomic E-state index is 0.0648. The summed E-state index contributed by atoms with van der Waals surface area (Å²) < 4.78 is 34.4. The fourth-order valence-corrected chi connectivity index (χ4v) is 6.47. The molecule has 214 valence electrons. The predicted molar refractivity (Wildman–Crippen MR) is 170 cm³/mol. The zero-order valence-electron chi connectivity index (χ0n) is 22.6. The summed E-state index contributed by atoms with van der Waals surface area (Å²) in [4.78, 5) is 25.0. The lowest BCUT2D eigenvalue weighted by molar-refractivity contribution is 0.0523. The lowest BCUT2D eigenvalue weighted by Gasteiger charge is -2.19. The van der Waals surface area contributed by atoms with Gasteiger partial charge < -0.3 is 15.4 Å². The van der Waals surface area contributed by atoms with E-state index < -0.39 is 21.7 Å². The van der Waals surface area contributed by atoms with E-state index in [0.29, 0.717) is 43.7 Å². The monoisotopic (exact) mass is 705 g/mol. The molecule has 4 aromatic rings. The van der Waals surface area contributed by atoms with Crippen molar-refractivity contribution in [2.45, 2.75) is 44.4 Å². The second-order valence-corrected chi connectivity index (χ2v) is 13.7. The van der Waals surface area contributed by atoms with E-state index in [0.717, 1.165) is 11.1 Å². The normalized spacial score (nSPS) is 11.6. The number of anilines is 1. The maximum atomic E-state index is 13.1. The first-order valence-electron chi connectivity index (χ1n) is 12.6. The molecular weight excluding hydrogens is 677 g/mol. The van der Waals surface area contributed by atoms with Crippen LogP contribution in [0.5, 0.6) is 0 Å². The minimum Gasteiger partial charge on any atom is -0.444 e. The summed E-state index contributed by atoms with van der Waals surface area (Å²) in [6.07, 6.45) is -0.482. The van der Waals surface area contributed by atoms with Crippen molar-refractivity contribution in [3.63, 3.8) is 0 Å². The molecule has 2 amide bonds. The number of rotatable bonds is 8. The molecule has 4 aromatic carbocycles. The molecule has 3 N–H and O–H groups in total. The van der Waals surface area contributed by atoms with Gasteiger partial charge in [0, 0.05) is 32.9 Å². The van der Waals surface area contributed by atoms with Crippen molar-refractivity contribution in [2.24, 2.45) is 0 Å². The topological polar surface area (TPSA) is 114 Å². The molecule has 0 radical (unpaired) electrons. The van der Waals surface area contributed by atoms with Crippen LogP contribution in [0.1, 0.15) is 42.3 Å². The SMILES string of the molecule is CC(C)(C)OC(=O)NCc1ccc(CNC(=O)c2cccc3cc(NS(=O)(=O)c4cc(Cl)cc(I)c4)ccc23)cc1. The molecule has 0 bridgehead atoms. The van der Waals surface area contributed by atoms with Gasteiger partial charge in [-0.05, 0) is 102 Å². The molecule has 11 heteroatoms. The van der Waals surface area contributed by atoms with Gasteiger partial charge in [-0.2, -0.15) is 0 Å². The molecule has 0 aliphatic rings. The van der Waals surface area contributed by atoms with Gasteiger partial charge in [0.15, 0.2) is 0 Å². The van der Waals surface area contributed by atoms with Crippen LogP contribution in [-0.4, -0.2) is 26.0 Å². The molecule has 0 aliphatic carbocycles. The number of benzene rings is 4. The summed E-state index contributed by atoms with van der Waals surface area (Å²) in [5, 5.41) is 7.38. The van der Waals surface area contributed by atoms with Crippen molar-refractivity contribution in [1.29, 1.82) is 0 Å². The molecule has 0 spiro atoms. The summed E-state index contributed by atoms with van der Waals surface area (Å²) in [5.41, 5.74) is 2.07. The molecule has 41 heavy (non-hydrogen) atoms. The Morgan fingerprint density at radius 3 is 2.17 bits per heavy atom. The standard InChI is InChI=1S/C30H29ClIN3O5S/c1-30(2,3)40-29(37)34-18-20-9-7-19(8-10-20)17-33-28(36)27-6-4-5-21-13-24(11-12-26(21)27)35-41(38,39)25-15-22(31)14-23(32)16-25/h4-16,35H,17-18H2,1-3H3,(H,33,36)(H,34,37). The van der Waals surface area contributed by atoms with E-state index >= 15 is 0 Å². The summed E-state index contributed by atoms with van der Waals surface area (Å²) in [6.45, 7) is 6.05. The molecule has 0 unspecified atom stereocenters. The minimum atomic E-state index is -3.86. The molecule has 0 aromatic heterocycles. The van der Waals surface area contributed by atoms with Crippen LogP contribution < -0.4 is 15.4 Å². The molecular formula is C30H29ClIN3O5S. The molecule has 0 fully saturated rings. The third-order valence-electron chi connectivity index (χ3n) is 5.84. The fourth-order valence-electron chi connectivity index (χ4n) is 3.98. The second kappa shape index (κ2) is 12.7. The highest BCUT2D eigenvalue weighted by Gasteiger charge is 2.18. The number of nitrogens with one attached hydrogen (secondary N) is 3. The van der Waals surface area contributed by atoms with Crippen molar-refractivity contribution in [2.75, 3.05) is 4.72 Å². The van der Waals surface area contributed by atoms with Crippen LogP contribution in [0.2, 0.25) is 5.02 Å². The quantitative estimate of drug-likeness (QED) is 0.174. The average molecular weight is 706 g/mol. The number of carbonyl (C=O) groups excluding carboxylic acids is 2. The Morgan fingerprint density at radius 1 is 0.878 bits per heavy atom. The van der Waals surface area contributed by atoms with Crippen molar-refractivity contribution in [3.05, 3.63) is 104 Å². The van der Waals surface area contributed by atoms with E-state index in [1.807, 2.05) is 52.9 Å². The Morgan fingerprint density at radius 2 is 1.54 bits per heavy atom. The number of halogens is 2. The first-order chi connectivity index (χ1) is 19.3. The average Bonchev–Trinajstić information content (AvgIpc) is 2.89. The summed E-state index contributed by atoms with van der Waals surface area (Å²) in [6, 6.07) is 22.4. The Bertz CT molecular complexity index is 1680. The van der Waals surface area contributed by atoms with Crippen LogP contribution in [-0.2, 0) is 27.8 Å². The number of hydrogen-bond acceptors (Lipinski definition) is 5. The first-order valence-corrected chi connectivity index (χ1v) is 15.6. The van der Waals surface area contributed by atoms with E-state index in [4.69, 9.17) is 16.3 Å². The summed E-state index contributed by atoms with van der Waals surface area (Å²) in [7, 11) is -3.86. The Balaban J connectivity index is 1.40. The third kappa shape index (κ3) is 8.57. The van der Waals surface area contributed by atoms with Gasteiger partial charge in [-0.1, -0.05) is 54.1 Å². The van der Waals surface area contributed by atoms with Gasteiger partial charge in [-0.25, -0.2) is 13.2 Å². The number of alkyl carbamates (subject to hydrolysis) is 1. The maximum absolute atomic E-state index is 13.1. The van der Waals surface area contributed by atoms with Crippen LogP contribution in [0.25, 0.3) is 10.8 Å². The zero-order valence-corrected chi connectivity index (χ0v) is 26.4. The van der Waals surface area contributed by atoms with Gasteiger partial charge >= 0.3 is 6.09 Å². The van der Waals surface area contributed by atoms with Crippen LogP contribution in [0.15, 0.2) is 83.8 Å². The largest absolute Gasteiger partial charge is 0.444 e. The lowest BCUT2D eigenvalue weighted by atomic mass is 10.0. The number of fused-ring (bicyclic) bond motifs is 1. The number of hydrogen-bond donors (Lipinski definition) is 3. The highest BCUT2D eigenvalue weighted by atomic mass is 127. The molecule has 8 nitrogen and oxygen atoms in total. The molecule has 0 atom stereocenters. The number of amides is 2. The number of sulfonamides is 1. The lowest BCUT2D eigenvalue weighted by Crippen LogP contribution is -2.32. The predicted octanol–water partition coefficient (Wildman–Crippen LogP) is 6.85. The summed E-state index contributed by atoms with van der Waals surface area (Å²) in [5.74, 6) is -0.256. The van der Waals surface area contributed by atoms with Gasteiger partial charge in [0.05, 0.1) is 4.90 Å². The van der Waals surface area contributed by atoms with Gasteiger partial charge in [0.1, 0.15) is 5.60 Å². The van der Waals surface area contributed by atoms with E-state index in [2.05, 4.69) is 15.4 Å². The van der Waals surface area contributed by atoms with Crippen LogP contribution in [0.4, 0.5) is 10.5 Å². The van der Waals surface area contributed by atoms with Crippen molar-refractivity contribution in [1.82, 2.24) is 10.6 Å². The van der Waals surface area contributed by atoms with E-state index in [1.54, 1.807) is 57.2 Å².